The minimum atomic E-state index is -5.06. The molecule has 0 aliphatic heterocycles. The quantitative estimate of drug-likeness (QED) is 0.322. The van der Waals surface area contributed by atoms with Crippen molar-refractivity contribution < 1.29 is 62.0 Å². The average molecular weight is 330 g/mol. The molecule has 1 unspecified atom stereocenters. The van der Waals surface area contributed by atoms with Crippen LogP contribution in [0.25, 0.3) is 0 Å². The van der Waals surface area contributed by atoms with E-state index in [0.29, 0.717) is 12.3 Å². The van der Waals surface area contributed by atoms with Gasteiger partial charge in [0, 0.05) is 0 Å². The summed E-state index contributed by atoms with van der Waals surface area (Å²) in [5.74, 6) is -2.30. The van der Waals surface area contributed by atoms with Crippen LogP contribution < -0.4 is 29.6 Å². The van der Waals surface area contributed by atoms with E-state index in [9.17, 15) is 22.6 Å². The molecular formula is C12H19NaO7S. The molecular weight excluding hydrogens is 311 g/mol. The van der Waals surface area contributed by atoms with Crippen LogP contribution in [0.4, 0.5) is 0 Å². The van der Waals surface area contributed by atoms with Gasteiger partial charge in [-0.05, 0) is 12.3 Å². The van der Waals surface area contributed by atoms with Crippen LogP contribution in [0.5, 0.6) is 0 Å². The number of carbonyl (C=O) groups is 2. The van der Waals surface area contributed by atoms with Crippen LogP contribution in [0, 0.1) is 5.92 Å². The molecule has 0 aromatic carbocycles. The Morgan fingerprint density at radius 1 is 1.24 bits per heavy atom. The van der Waals surface area contributed by atoms with Crippen LogP contribution in [0.15, 0.2) is 0 Å². The van der Waals surface area contributed by atoms with Gasteiger partial charge in [-0.3, -0.25) is 9.59 Å². The Hall–Kier alpha value is -0.150. The molecule has 7 nitrogen and oxygen atoms in total. The van der Waals surface area contributed by atoms with Crippen LogP contribution in [0.2, 0.25) is 0 Å². The molecule has 1 atom stereocenters. The summed E-state index contributed by atoms with van der Waals surface area (Å²) in [5.41, 5.74) is 0. The van der Waals surface area contributed by atoms with Gasteiger partial charge in [-0.2, -0.15) is 0 Å². The Kier molecular flexibility index (Phi) is 9.71. The number of esters is 1. The second-order valence-corrected chi connectivity index (χ2v) is 6.59. The first-order chi connectivity index (χ1) is 9.30. The third-order valence-corrected chi connectivity index (χ3v) is 4.56. The first kappa shape index (κ1) is 20.9. The monoisotopic (exact) mass is 330 g/mol. The standard InChI is InChI=1S/C12H20O7S.Na/c13-11(8-10(12(14)15)20(16,17)18)19-7-6-9-4-2-1-3-5-9;/h9-10H,1-8H2,(H,14,15)(H,16,17,18);/q;+1/p-1. The van der Waals surface area contributed by atoms with Crippen molar-refractivity contribution in [3.05, 3.63) is 0 Å². The number of carboxylic acid groups (broad SMARTS) is 1. The molecule has 1 aliphatic rings. The van der Waals surface area contributed by atoms with E-state index < -0.39 is 33.7 Å². The van der Waals surface area contributed by atoms with Gasteiger partial charge >= 0.3 is 41.5 Å². The third-order valence-electron chi connectivity index (χ3n) is 3.49. The van der Waals surface area contributed by atoms with Gasteiger partial charge in [0.15, 0.2) is 5.25 Å². The maximum Gasteiger partial charge on any atom is 1.00 e. The molecule has 1 rings (SSSR count). The van der Waals surface area contributed by atoms with Crippen molar-refractivity contribution in [1.82, 2.24) is 0 Å². The Labute approximate surface area is 146 Å². The van der Waals surface area contributed by atoms with Crippen LogP contribution in [0.1, 0.15) is 44.9 Å². The fraction of sp³-hybridized carbons (Fsp3) is 0.833. The molecule has 0 heterocycles. The molecule has 0 saturated heterocycles. The second kappa shape index (κ2) is 9.78. The first-order valence-electron chi connectivity index (χ1n) is 6.64. The fourth-order valence-electron chi connectivity index (χ4n) is 2.34. The first-order valence-corrected chi connectivity index (χ1v) is 8.11. The van der Waals surface area contributed by atoms with E-state index in [1.165, 1.54) is 6.42 Å². The summed E-state index contributed by atoms with van der Waals surface area (Å²) in [4.78, 5) is 22.0. The number of rotatable bonds is 7. The van der Waals surface area contributed by atoms with Gasteiger partial charge in [0.1, 0.15) is 10.1 Å². The Bertz CT molecular complexity index is 443. The second-order valence-electron chi connectivity index (χ2n) is 5.04. The minimum absolute atomic E-state index is 0. The number of aliphatic carboxylic acids is 1. The van der Waals surface area contributed by atoms with Crippen molar-refractivity contribution in [2.24, 2.45) is 5.92 Å². The average Bonchev–Trinajstić information content (AvgIpc) is 2.35. The normalized spacial score (nSPS) is 17.6. The molecule has 9 heteroatoms. The number of carboxylic acids is 1. The van der Waals surface area contributed by atoms with Crippen molar-refractivity contribution in [1.29, 1.82) is 0 Å². The van der Waals surface area contributed by atoms with Gasteiger partial charge in [0.25, 0.3) is 0 Å². The van der Waals surface area contributed by atoms with E-state index in [0.717, 1.165) is 25.7 Å². The summed E-state index contributed by atoms with van der Waals surface area (Å²) in [6, 6.07) is 0. The SMILES string of the molecule is O=C(CC(C(=O)O)S(=O)(=O)[O-])OCCC1CCCCC1.[Na+]. The zero-order valence-corrected chi connectivity index (χ0v) is 14.9. The molecule has 116 valence electrons. The Morgan fingerprint density at radius 3 is 2.29 bits per heavy atom. The molecule has 0 bridgehead atoms. The molecule has 0 aromatic heterocycles. The van der Waals surface area contributed by atoms with E-state index in [4.69, 9.17) is 9.84 Å². The van der Waals surface area contributed by atoms with Gasteiger partial charge in [-0.25, -0.2) is 8.42 Å². The molecule has 1 saturated carbocycles. The number of ether oxygens (including phenoxy) is 1. The van der Waals surface area contributed by atoms with E-state index in [2.05, 4.69) is 0 Å². The largest absolute Gasteiger partial charge is 1.00 e. The molecule has 0 radical (unpaired) electrons. The third kappa shape index (κ3) is 8.15. The van der Waals surface area contributed by atoms with Crippen molar-refractivity contribution in [3.8, 4) is 0 Å². The predicted molar refractivity (Wildman–Crippen MR) is 67.9 cm³/mol. The van der Waals surface area contributed by atoms with Crippen LogP contribution in [-0.4, -0.2) is 41.9 Å². The van der Waals surface area contributed by atoms with E-state index in [1.807, 2.05) is 0 Å². The van der Waals surface area contributed by atoms with Crippen molar-refractivity contribution in [3.63, 3.8) is 0 Å². The summed E-state index contributed by atoms with van der Waals surface area (Å²) in [7, 11) is -5.06. The maximum absolute atomic E-state index is 11.4. The van der Waals surface area contributed by atoms with Gasteiger partial charge in [-0.15, -0.1) is 0 Å². The Morgan fingerprint density at radius 2 is 1.81 bits per heavy atom. The Balaban J connectivity index is 0.00000400. The van der Waals surface area contributed by atoms with E-state index in [-0.39, 0.29) is 36.2 Å². The molecule has 21 heavy (non-hydrogen) atoms. The summed E-state index contributed by atoms with van der Waals surface area (Å²) in [6.07, 6.45) is 5.47. The van der Waals surface area contributed by atoms with Gasteiger partial charge in [0.2, 0.25) is 0 Å². The minimum Gasteiger partial charge on any atom is -0.747 e. The van der Waals surface area contributed by atoms with Gasteiger partial charge < -0.3 is 14.4 Å². The predicted octanol–water partition coefficient (Wildman–Crippen LogP) is -2.11. The summed E-state index contributed by atoms with van der Waals surface area (Å²) in [6.45, 7) is 0.134. The number of hydrogen-bond acceptors (Lipinski definition) is 6. The molecule has 0 amide bonds. The summed E-state index contributed by atoms with van der Waals surface area (Å²) in [5, 5.41) is 6.33. The summed E-state index contributed by atoms with van der Waals surface area (Å²) < 4.78 is 36.9. The molecule has 1 N–H and O–H groups in total. The zero-order chi connectivity index (χ0) is 15.2. The molecule has 0 spiro atoms. The van der Waals surface area contributed by atoms with Crippen LogP contribution in [-0.2, 0) is 24.4 Å². The van der Waals surface area contributed by atoms with Crippen molar-refractivity contribution >= 4 is 22.1 Å². The number of carbonyl (C=O) groups excluding carboxylic acids is 1. The molecule has 0 aromatic rings. The van der Waals surface area contributed by atoms with Gasteiger partial charge in [0.05, 0.1) is 13.0 Å². The molecule has 1 aliphatic carbocycles. The van der Waals surface area contributed by atoms with Crippen molar-refractivity contribution in [2.45, 2.75) is 50.2 Å². The van der Waals surface area contributed by atoms with E-state index >= 15 is 0 Å². The topological polar surface area (TPSA) is 121 Å². The number of hydrogen-bond donors (Lipinski definition) is 1. The summed E-state index contributed by atoms with van der Waals surface area (Å²) >= 11 is 0. The van der Waals surface area contributed by atoms with Gasteiger partial charge in [-0.1, -0.05) is 32.1 Å². The van der Waals surface area contributed by atoms with Crippen molar-refractivity contribution in [2.75, 3.05) is 6.61 Å². The smallest absolute Gasteiger partial charge is 0.747 e. The van der Waals surface area contributed by atoms with Crippen LogP contribution in [0.3, 0.4) is 0 Å². The zero-order valence-electron chi connectivity index (χ0n) is 12.1. The maximum atomic E-state index is 11.4. The van der Waals surface area contributed by atoms with Crippen LogP contribution >= 0.6 is 0 Å². The van der Waals surface area contributed by atoms with E-state index in [1.54, 1.807) is 0 Å². The fourth-order valence-corrected chi connectivity index (χ4v) is 2.93. The molecule has 1 fully saturated rings.